The molecule has 0 saturated heterocycles. The Hall–Kier alpha value is -2.10. The molecule has 4 nitrogen and oxygen atoms in total. The van der Waals surface area contributed by atoms with Crippen molar-refractivity contribution in [3.63, 3.8) is 0 Å². The Morgan fingerprint density at radius 2 is 2.13 bits per heavy atom. The van der Waals surface area contributed by atoms with Crippen LogP contribution in [0.1, 0.15) is 16.1 Å². The SMILES string of the molecule is Cc1ccc2nc(C(=O)O)cc(N)c2c1. The summed E-state index contributed by atoms with van der Waals surface area (Å²) in [6.45, 7) is 1.95. The quantitative estimate of drug-likeness (QED) is 0.739. The normalized spacial score (nSPS) is 10.5. The van der Waals surface area contributed by atoms with E-state index < -0.39 is 5.97 Å². The zero-order chi connectivity index (χ0) is 11.0. The van der Waals surface area contributed by atoms with Crippen LogP contribution in [0.2, 0.25) is 0 Å². The van der Waals surface area contributed by atoms with Gasteiger partial charge in [0.05, 0.1) is 5.52 Å². The Labute approximate surface area is 86.4 Å². The van der Waals surface area contributed by atoms with Crippen LogP contribution in [0.5, 0.6) is 0 Å². The second kappa shape index (κ2) is 3.24. The number of nitrogens with two attached hydrogens (primary N) is 1. The maximum Gasteiger partial charge on any atom is 0.354 e. The number of carboxylic acids is 1. The third-order valence-corrected chi connectivity index (χ3v) is 2.22. The molecule has 1 heterocycles. The van der Waals surface area contributed by atoms with Crippen molar-refractivity contribution in [2.75, 3.05) is 5.73 Å². The number of nitrogen functional groups attached to an aromatic ring is 1. The highest BCUT2D eigenvalue weighted by molar-refractivity contribution is 5.96. The van der Waals surface area contributed by atoms with Gasteiger partial charge in [-0.3, -0.25) is 0 Å². The van der Waals surface area contributed by atoms with E-state index in [-0.39, 0.29) is 5.69 Å². The minimum Gasteiger partial charge on any atom is -0.477 e. The average molecular weight is 202 g/mol. The van der Waals surface area contributed by atoms with Crippen LogP contribution in [-0.2, 0) is 0 Å². The lowest BCUT2D eigenvalue weighted by Crippen LogP contribution is -2.02. The molecule has 0 unspecified atom stereocenters. The molecule has 15 heavy (non-hydrogen) atoms. The number of rotatable bonds is 1. The molecule has 0 bridgehead atoms. The van der Waals surface area contributed by atoms with Gasteiger partial charge in [-0.25, -0.2) is 9.78 Å². The minimum absolute atomic E-state index is 0.0242. The van der Waals surface area contributed by atoms with Crippen LogP contribution < -0.4 is 5.73 Å². The van der Waals surface area contributed by atoms with E-state index in [4.69, 9.17) is 10.8 Å². The monoisotopic (exact) mass is 202 g/mol. The molecule has 1 aromatic carbocycles. The van der Waals surface area contributed by atoms with Crippen LogP contribution in [0.3, 0.4) is 0 Å². The molecule has 0 fully saturated rings. The molecule has 2 rings (SSSR count). The van der Waals surface area contributed by atoms with E-state index in [9.17, 15) is 4.79 Å². The van der Waals surface area contributed by atoms with Crippen molar-refractivity contribution in [3.05, 3.63) is 35.5 Å². The van der Waals surface area contributed by atoms with E-state index in [1.54, 1.807) is 6.07 Å². The van der Waals surface area contributed by atoms with Crippen molar-refractivity contribution in [2.24, 2.45) is 0 Å². The summed E-state index contributed by atoms with van der Waals surface area (Å²) in [6.07, 6.45) is 0. The zero-order valence-electron chi connectivity index (χ0n) is 8.19. The number of aromatic nitrogens is 1. The van der Waals surface area contributed by atoms with Crippen LogP contribution in [-0.4, -0.2) is 16.1 Å². The van der Waals surface area contributed by atoms with E-state index in [1.807, 2.05) is 19.1 Å². The molecule has 3 N–H and O–H groups in total. The summed E-state index contributed by atoms with van der Waals surface area (Å²) in [6, 6.07) is 6.92. The van der Waals surface area contributed by atoms with Crippen LogP contribution in [0, 0.1) is 6.92 Å². The fourth-order valence-corrected chi connectivity index (χ4v) is 1.48. The molecule has 0 aliphatic rings. The molecule has 0 aliphatic heterocycles. The number of anilines is 1. The molecular weight excluding hydrogens is 192 g/mol. The number of benzene rings is 1. The van der Waals surface area contributed by atoms with E-state index >= 15 is 0 Å². The Balaban J connectivity index is 2.78. The average Bonchev–Trinajstić information content (AvgIpc) is 2.18. The highest BCUT2D eigenvalue weighted by atomic mass is 16.4. The lowest BCUT2D eigenvalue weighted by molar-refractivity contribution is 0.0691. The summed E-state index contributed by atoms with van der Waals surface area (Å²) in [4.78, 5) is 14.7. The van der Waals surface area contributed by atoms with Gasteiger partial charge in [0.15, 0.2) is 5.69 Å². The van der Waals surface area contributed by atoms with Gasteiger partial charge >= 0.3 is 5.97 Å². The number of hydrogen-bond donors (Lipinski definition) is 2. The van der Waals surface area contributed by atoms with Crippen LogP contribution in [0.25, 0.3) is 10.9 Å². The number of pyridine rings is 1. The molecular formula is C11H10N2O2. The molecule has 4 heteroatoms. The summed E-state index contributed by atoms with van der Waals surface area (Å²) >= 11 is 0. The topological polar surface area (TPSA) is 76.2 Å². The summed E-state index contributed by atoms with van der Waals surface area (Å²) in [5.74, 6) is -1.07. The van der Waals surface area contributed by atoms with Crippen LogP contribution in [0.4, 0.5) is 5.69 Å². The summed E-state index contributed by atoms with van der Waals surface area (Å²) in [5.41, 5.74) is 7.86. The lowest BCUT2D eigenvalue weighted by atomic mass is 10.1. The number of hydrogen-bond acceptors (Lipinski definition) is 3. The molecule has 76 valence electrons. The molecule has 0 amide bonds. The van der Waals surface area contributed by atoms with Crippen molar-refractivity contribution >= 4 is 22.6 Å². The Morgan fingerprint density at radius 1 is 1.40 bits per heavy atom. The largest absolute Gasteiger partial charge is 0.477 e. The van der Waals surface area contributed by atoms with E-state index in [0.717, 1.165) is 10.9 Å². The van der Waals surface area contributed by atoms with E-state index in [1.165, 1.54) is 6.07 Å². The Kier molecular flexibility index (Phi) is 2.04. The number of fused-ring (bicyclic) bond motifs is 1. The second-order valence-electron chi connectivity index (χ2n) is 3.42. The number of carboxylic acid groups (broad SMARTS) is 1. The Bertz CT molecular complexity index is 550. The van der Waals surface area contributed by atoms with Crippen molar-refractivity contribution in [1.29, 1.82) is 0 Å². The fourth-order valence-electron chi connectivity index (χ4n) is 1.48. The van der Waals surface area contributed by atoms with Gasteiger partial charge in [-0.15, -0.1) is 0 Å². The van der Waals surface area contributed by atoms with Gasteiger partial charge in [0.1, 0.15) is 0 Å². The first kappa shape index (κ1) is 9.45. The predicted molar refractivity (Wildman–Crippen MR) is 57.9 cm³/mol. The zero-order valence-corrected chi connectivity index (χ0v) is 8.19. The standard InChI is InChI=1S/C11H10N2O2/c1-6-2-3-9-7(4-6)8(12)5-10(13-9)11(14)15/h2-5H,1H3,(H2,12,13)(H,14,15). The van der Waals surface area contributed by atoms with Crippen molar-refractivity contribution < 1.29 is 9.90 Å². The smallest absolute Gasteiger partial charge is 0.354 e. The highest BCUT2D eigenvalue weighted by Crippen LogP contribution is 2.21. The molecule has 1 aromatic heterocycles. The maximum atomic E-state index is 10.7. The first-order chi connectivity index (χ1) is 7.08. The van der Waals surface area contributed by atoms with Gasteiger partial charge in [0, 0.05) is 11.1 Å². The van der Waals surface area contributed by atoms with Gasteiger partial charge in [0.2, 0.25) is 0 Å². The number of aryl methyl sites for hydroxylation is 1. The molecule has 2 aromatic rings. The van der Waals surface area contributed by atoms with Gasteiger partial charge in [-0.1, -0.05) is 11.6 Å². The fraction of sp³-hybridized carbons (Fsp3) is 0.0909. The van der Waals surface area contributed by atoms with E-state index in [0.29, 0.717) is 11.2 Å². The van der Waals surface area contributed by atoms with Crippen LogP contribution in [0.15, 0.2) is 24.3 Å². The third-order valence-electron chi connectivity index (χ3n) is 2.22. The van der Waals surface area contributed by atoms with Gasteiger partial charge in [0.25, 0.3) is 0 Å². The molecule has 0 spiro atoms. The first-order valence-corrected chi connectivity index (χ1v) is 4.48. The molecule has 0 saturated carbocycles. The van der Waals surface area contributed by atoms with Gasteiger partial charge in [-0.05, 0) is 25.1 Å². The molecule has 0 atom stereocenters. The lowest BCUT2D eigenvalue weighted by Gasteiger charge is -2.04. The second-order valence-corrected chi connectivity index (χ2v) is 3.42. The number of carbonyl (C=O) groups is 1. The maximum absolute atomic E-state index is 10.7. The van der Waals surface area contributed by atoms with Gasteiger partial charge in [-0.2, -0.15) is 0 Å². The van der Waals surface area contributed by atoms with Crippen molar-refractivity contribution in [1.82, 2.24) is 4.98 Å². The Morgan fingerprint density at radius 3 is 2.80 bits per heavy atom. The molecule has 0 aliphatic carbocycles. The predicted octanol–water partition coefficient (Wildman–Crippen LogP) is 1.82. The summed E-state index contributed by atoms with van der Waals surface area (Å²) in [5, 5.41) is 9.60. The number of aromatic carboxylic acids is 1. The highest BCUT2D eigenvalue weighted by Gasteiger charge is 2.08. The van der Waals surface area contributed by atoms with Gasteiger partial charge < -0.3 is 10.8 Å². The molecule has 0 radical (unpaired) electrons. The summed E-state index contributed by atoms with van der Waals surface area (Å²) < 4.78 is 0. The van der Waals surface area contributed by atoms with Crippen LogP contribution >= 0.6 is 0 Å². The van der Waals surface area contributed by atoms with Crippen molar-refractivity contribution in [3.8, 4) is 0 Å². The minimum atomic E-state index is -1.07. The first-order valence-electron chi connectivity index (χ1n) is 4.48. The summed E-state index contributed by atoms with van der Waals surface area (Å²) in [7, 11) is 0. The number of nitrogens with zero attached hydrogens (tertiary/aromatic N) is 1. The van der Waals surface area contributed by atoms with Crippen molar-refractivity contribution in [2.45, 2.75) is 6.92 Å². The third kappa shape index (κ3) is 1.61. The van der Waals surface area contributed by atoms with E-state index in [2.05, 4.69) is 4.98 Å².